The lowest BCUT2D eigenvalue weighted by molar-refractivity contribution is 0.199. The highest BCUT2D eigenvalue weighted by atomic mass is 16.5. The van der Waals surface area contributed by atoms with Crippen LogP contribution in [0.25, 0.3) is 0 Å². The van der Waals surface area contributed by atoms with Crippen molar-refractivity contribution in [1.29, 1.82) is 0 Å². The van der Waals surface area contributed by atoms with Gasteiger partial charge in [0.25, 0.3) is 0 Å². The van der Waals surface area contributed by atoms with Gasteiger partial charge in [0.15, 0.2) is 0 Å². The Bertz CT molecular complexity index is 471. The zero-order valence-corrected chi connectivity index (χ0v) is 11.2. The molecule has 0 unspecified atom stereocenters. The van der Waals surface area contributed by atoms with Gasteiger partial charge in [-0.05, 0) is 5.56 Å². The van der Waals surface area contributed by atoms with Gasteiger partial charge < -0.3 is 10.1 Å². The van der Waals surface area contributed by atoms with Crippen molar-refractivity contribution in [3.63, 3.8) is 0 Å². The molecule has 0 aliphatic carbocycles. The maximum Gasteiger partial charge on any atom is 0.132 e. The normalized spacial score (nSPS) is 10.6. The van der Waals surface area contributed by atoms with E-state index in [-0.39, 0.29) is 0 Å². The highest BCUT2D eigenvalue weighted by molar-refractivity contribution is 5.19. The first-order chi connectivity index (χ1) is 9.38. The first-order valence-corrected chi connectivity index (χ1v) is 6.42. The lowest BCUT2D eigenvalue weighted by Gasteiger charge is -2.05. The number of ether oxygens (including phenoxy) is 1. The average molecular weight is 257 g/mol. The van der Waals surface area contributed by atoms with Crippen molar-refractivity contribution >= 4 is 0 Å². The molecule has 0 spiro atoms. The van der Waals surface area contributed by atoms with Crippen molar-refractivity contribution in [3.05, 3.63) is 59.7 Å². The van der Waals surface area contributed by atoms with E-state index in [0.29, 0.717) is 6.61 Å². The van der Waals surface area contributed by atoms with Crippen molar-refractivity contribution in [3.8, 4) is 0 Å². The molecule has 1 N–H and O–H groups in total. The summed E-state index contributed by atoms with van der Waals surface area (Å²) in [6.45, 7) is 2.32. The summed E-state index contributed by atoms with van der Waals surface area (Å²) >= 11 is 0. The number of benzene rings is 1. The molecule has 0 aliphatic heterocycles. The van der Waals surface area contributed by atoms with Gasteiger partial charge in [0.1, 0.15) is 5.82 Å². The van der Waals surface area contributed by atoms with Crippen LogP contribution in [0, 0.1) is 0 Å². The Morgan fingerprint density at radius 2 is 1.79 bits per heavy atom. The summed E-state index contributed by atoms with van der Waals surface area (Å²) in [5.41, 5.74) is 2.32. The minimum atomic E-state index is 0.715. The van der Waals surface area contributed by atoms with Gasteiger partial charge in [-0.1, -0.05) is 30.3 Å². The lowest BCUT2D eigenvalue weighted by Crippen LogP contribution is -2.18. The molecule has 2 aromatic rings. The van der Waals surface area contributed by atoms with Gasteiger partial charge in [0.2, 0.25) is 0 Å². The summed E-state index contributed by atoms with van der Waals surface area (Å²) in [7, 11) is 1.70. The molecule has 0 amide bonds. The number of aromatic nitrogens is 2. The highest BCUT2D eigenvalue weighted by Gasteiger charge is 1.99. The van der Waals surface area contributed by atoms with Crippen molar-refractivity contribution in [2.75, 3.05) is 20.3 Å². The van der Waals surface area contributed by atoms with E-state index in [9.17, 15) is 0 Å². The molecule has 0 aliphatic rings. The maximum absolute atomic E-state index is 4.97. The fraction of sp³-hybridized carbons (Fsp3) is 0.333. The molecule has 0 saturated carbocycles. The van der Waals surface area contributed by atoms with E-state index in [4.69, 9.17) is 4.74 Å². The van der Waals surface area contributed by atoms with Crippen LogP contribution in [0.4, 0.5) is 0 Å². The fourth-order valence-electron chi connectivity index (χ4n) is 1.75. The SMILES string of the molecule is COCCNCc1cnc(Cc2ccccc2)nc1. The first-order valence-electron chi connectivity index (χ1n) is 6.42. The van der Waals surface area contributed by atoms with Crippen molar-refractivity contribution in [2.24, 2.45) is 0 Å². The standard InChI is InChI=1S/C15H19N3O/c1-19-8-7-16-10-14-11-17-15(18-12-14)9-13-5-3-2-4-6-13/h2-6,11-12,16H,7-10H2,1H3. The zero-order valence-electron chi connectivity index (χ0n) is 11.2. The minimum absolute atomic E-state index is 0.715. The Kier molecular flexibility index (Phi) is 5.47. The predicted octanol–water partition coefficient (Wildman–Crippen LogP) is 1.80. The number of nitrogens with one attached hydrogen (secondary N) is 1. The molecule has 19 heavy (non-hydrogen) atoms. The first kappa shape index (κ1) is 13.6. The van der Waals surface area contributed by atoms with E-state index in [2.05, 4.69) is 27.4 Å². The van der Waals surface area contributed by atoms with Gasteiger partial charge >= 0.3 is 0 Å². The Morgan fingerprint density at radius 3 is 2.47 bits per heavy atom. The third-order valence-electron chi connectivity index (χ3n) is 2.78. The van der Waals surface area contributed by atoms with E-state index >= 15 is 0 Å². The predicted molar refractivity (Wildman–Crippen MR) is 74.9 cm³/mol. The van der Waals surface area contributed by atoms with Crippen LogP contribution in [0.1, 0.15) is 17.0 Å². The van der Waals surface area contributed by atoms with E-state index < -0.39 is 0 Å². The van der Waals surface area contributed by atoms with E-state index in [0.717, 1.165) is 30.9 Å². The molecule has 1 heterocycles. The summed E-state index contributed by atoms with van der Waals surface area (Å²) in [6.07, 6.45) is 4.54. The molecule has 2 rings (SSSR count). The van der Waals surface area contributed by atoms with Crippen LogP contribution in [0.3, 0.4) is 0 Å². The molecule has 1 aromatic heterocycles. The van der Waals surface area contributed by atoms with Gasteiger partial charge in [0, 0.05) is 44.6 Å². The average Bonchev–Trinajstić information content (AvgIpc) is 2.46. The van der Waals surface area contributed by atoms with Crippen LogP contribution >= 0.6 is 0 Å². The van der Waals surface area contributed by atoms with Gasteiger partial charge in [-0.2, -0.15) is 0 Å². The molecule has 0 atom stereocenters. The molecule has 0 saturated heterocycles. The van der Waals surface area contributed by atoms with Crippen LogP contribution in [-0.4, -0.2) is 30.2 Å². The van der Waals surface area contributed by atoms with Gasteiger partial charge in [-0.25, -0.2) is 9.97 Å². The number of nitrogens with zero attached hydrogens (tertiary/aromatic N) is 2. The second-order valence-electron chi connectivity index (χ2n) is 4.34. The fourth-order valence-corrected chi connectivity index (χ4v) is 1.75. The molecule has 1 aromatic carbocycles. The number of methoxy groups -OCH3 is 1. The van der Waals surface area contributed by atoms with Crippen molar-refractivity contribution in [2.45, 2.75) is 13.0 Å². The monoisotopic (exact) mass is 257 g/mol. The minimum Gasteiger partial charge on any atom is -0.383 e. The summed E-state index contributed by atoms with van der Waals surface area (Å²) in [5, 5.41) is 3.27. The van der Waals surface area contributed by atoms with Crippen LogP contribution in [0.5, 0.6) is 0 Å². The molecular weight excluding hydrogens is 238 g/mol. The maximum atomic E-state index is 4.97. The molecule has 0 fully saturated rings. The van der Waals surface area contributed by atoms with Gasteiger partial charge in [-0.3, -0.25) is 0 Å². The number of hydrogen-bond donors (Lipinski definition) is 1. The zero-order chi connectivity index (χ0) is 13.3. The Labute approximate surface area is 113 Å². The Morgan fingerprint density at radius 1 is 1.05 bits per heavy atom. The van der Waals surface area contributed by atoms with Crippen LogP contribution < -0.4 is 5.32 Å². The molecule has 4 nitrogen and oxygen atoms in total. The second-order valence-corrected chi connectivity index (χ2v) is 4.34. The van der Waals surface area contributed by atoms with Crippen molar-refractivity contribution in [1.82, 2.24) is 15.3 Å². The van der Waals surface area contributed by atoms with Crippen LogP contribution in [-0.2, 0) is 17.7 Å². The van der Waals surface area contributed by atoms with Gasteiger partial charge in [-0.15, -0.1) is 0 Å². The van der Waals surface area contributed by atoms with Crippen LogP contribution in [0.2, 0.25) is 0 Å². The molecular formula is C15H19N3O. The second kappa shape index (κ2) is 7.61. The Balaban J connectivity index is 1.84. The van der Waals surface area contributed by atoms with E-state index in [1.54, 1.807) is 7.11 Å². The van der Waals surface area contributed by atoms with Gasteiger partial charge in [0.05, 0.1) is 6.61 Å². The summed E-state index contributed by atoms with van der Waals surface area (Å²) in [5.74, 6) is 0.854. The van der Waals surface area contributed by atoms with E-state index in [1.807, 2.05) is 30.6 Å². The molecule has 4 heteroatoms. The smallest absolute Gasteiger partial charge is 0.132 e. The van der Waals surface area contributed by atoms with Crippen LogP contribution in [0.15, 0.2) is 42.7 Å². The largest absolute Gasteiger partial charge is 0.383 e. The highest BCUT2D eigenvalue weighted by Crippen LogP contribution is 2.05. The summed E-state index contributed by atoms with van der Waals surface area (Å²) < 4.78 is 4.97. The molecule has 0 bridgehead atoms. The summed E-state index contributed by atoms with van der Waals surface area (Å²) in [4.78, 5) is 8.78. The number of hydrogen-bond acceptors (Lipinski definition) is 4. The number of rotatable bonds is 7. The third kappa shape index (κ3) is 4.77. The summed E-state index contributed by atoms with van der Waals surface area (Å²) in [6, 6.07) is 10.2. The molecule has 0 radical (unpaired) electrons. The van der Waals surface area contributed by atoms with E-state index in [1.165, 1.54) is 5.56 Å². The van der Waals surface area contributed by atoms with Crippen molar-refractivity contribution < 1.29 is 4.74 Å². The topological polar surface area (TPSA) is 47.0 Å². The quantitative estimate of drug-likeness (QED) is 0.768. The molecule has 100 valence electrons. The lowest BCUT2D eigenvalue weighted by atomic mass is 10.1. The Hall–Kier alpha value is -1.78. The third-order valence-corrected chi connectivity index (χ3v) is 2.78.